The Kier molecular flexibility index (Phi) is 5.74. The van der Waals surface area contributed by atoms with Gasteiger partial charge in [-0.25, -0.2) is 0 Å². The van der Waals surface area contributed by atoms with E-state index >= 15 is 0 Å². The average Bonchev–Trinajstić information content (AvgIpc) is 2.57. The minimum absolute atomic E-state index is 0.201. The van der Waals surface area contributed by atoms with Crippen LogP contribution in [0.5, 0.6) is 5.75 Å². The molecule has 0 radical (unpaired) electrons. The number of anilines is 1. The summed E-state index contributed by atoms with van der Waals surface area (Å²) in [4.78, 5) is 23.7. The maximum atomic E-state index is 11.9. The standard InChI is InChI=1S/C18H20N2O3/c1-2-14-5-3-4-6-16(14)20-18(23)17(22)19-12-11-13-7-9-15(21)10-8-13/h3-10,21H,2,11-12H2,1H3,(H,19,22)(H,20,23). The summed E-state index contributed by atoms with van der Waals surface area (Å²) < 4.78 is 0. The molecular weight excluding hydrogens is 292 g/mol. The predicted octanol–water partition coefficient (Wildman–Crippen LogP) is 2.25. The zero-order valence-corrected chi connectivity index (χ0v) is 13.0. The Balaban J connectivity index is 1.83. The van der Waals surface area contributed by atoms with Gasteiger partial charge >= 0.3 is 11.8 Å². The Morgan fingerprint density at radius 2 is 1.70 bits per heavy atom. The molecule has 0 fully saturated rings. The van der Waals surface area contributed by atoms with Gasteiger partial charge in [-0.1, -0.05) is 37.3 Å². The molecule has 3 N–H and O–H groups in total. The number of aromatic hydroxyl groups is 1. The number of hydrogen-bond acceptors (Lipinski definition) is 3. The van der Waals surface area contributed by atoms with Crippen LogP contribution >= 0.6 is 0 Å². The minimum Gasteiger partial charge on any atom is -0.508 e. The number of carbonyl (C=O) groups is 2. The van der Waals surface area contributed by atoms with E-state index < -0.39 is 11.8 Å². The molecule has 0 unspecified atom stereocenters. The molecule has 23 heavy (non-hydrogen) atoms. The SMILES string of the molecule is CCc1ccccc1NC(=O)C(=O)NCCc1ccc(O)cc1. The Bertz CT molecular complexity index is 681. The quantitative estimate of drug-likeness (QED) is 0.741. The molecule has 0 saturated heterocycles. The third-order valence-corrected chi connectivity index (χ3v) is 3.49. The first-order valence-electron chi connectivity index (χ1n) is 7.55. The van der Waals surface area contributed by atoms with Crippen molar-refractivity contribution < 1.29 is 14.7 Å². The van der Waals surface area contributed by atoms with Gasteiger partial charge in [-0.2, -0.15) is 0 Å². The third-order valence-electron chi connectivity index (χ3n) is 3.49. The monoisotopic (exact) mass is 312 g/mol. The summed E-state index contributed by atoms with van der Waals surface area (Å²) in [6, 6.07) is 14.1. The second-order valence-corrected chi connectivity index (χ2v) is 5.14. The van der Waals surface area contributed by atoms with Crippen LogP contribution in [0.25, 0.3) is 0 Å². The summed E-state index contributed by atoms with van der Waals surface area (Å²) in [7, 11) is 0. The van der Waals surface area contributed by atoms with Crippen molar-refractivity contribution in [2.75, 3.05) is 11.9 Å². The summed E-state index contributed by atoms with van der Waals surface area (Å²) in [6.07, 6.45) is 1.36. The van der Waals surface area contributed by atoms with Crippen LogP contribution in [0, 0.1) is 0 Å². The summed E-state index contributed by atoms with van der Waals surface area (Å²) in [5.41, 5.74) is 2.62. The van der Waals surface area contributed by atoms with Crippen molar-refractivity contribution in [2.45, 2.75) is 19.8 Å². The molecule has 5 heteroatoms. The van der Waals surface area contributed by atoms with Crippen molar-refractivity contribution in [3.8, 4) is 5.75 Å². The number of amides is 2. The van der Waals surface area contributed by atoms with E-state index in [0.717, 1.165) is 17.5 Å². The van der Waals surface area contributed by atoms with Crippen LogP contribution in [0.3, 0.4) is 0 Å². The van der Waals surface area contributed by atoms with Gasteiger partial charge in [-0.05, 0) is 42.2 Å². The normalized spacial score (nSPS) is 10.1. The Morgan fingerprint density at radius 3 is 2.39 bits per heavy atom. The van der Waals surface area contributed by atoms with Gasteiger partial charge in [0.2, 0.25) is 0 Å². The first kappa shape index (κ1) is 16.5. The van der Waals surface area contributed by atoms with Crippen molar-refractivity contribution in [1.29, 1.82) is 0 Å². The fourth-order valence-corrected chi connectivity index (χ4v) is 2.19. The van der Waals surface area contributed by atoms with Crippen LogP contribution in [0.15, 0.2) is 48.5 Å². The van der Waals surface area contributed by atoms with Crippen molar-refractivity contribution in [3.05, 3.63) is 59.7 Å². The molecule has 2 aromatic carbocycles. The maximum Gasteiger partial charge on any atom is 0.313 e. The lowest BCUT2D eigenvalue weighted by molar-refractivity contribution is -0.136. The van der Waals surface area contributed by atoms with Crippen molar-refractivity contribution in [1.82, 2.24) is 5.32 Å². The molecule has 2 rings (SSSR count). The topological polar surface area (TPSA) is 78.4 Å². The maximum absolute atomic E-state index is 11.9. The molecule has 0 heterocycles. The highest BCUT2D eigenvalue weighted by molar-refractivity contribution is 6.39. The Morgan fingerprint density at radius 1 is 1.00 bits per heavy atom. The van der Waals surface area contributed by atoms with E-state index in [-0.39, 0.29) is 5.75 Å². The molecule has 0 aliphatic rings. The lowest BCUT2D eigenvalue weighted by Gasteiger charge is -2.10. The molecule has 2 amide bonds. The van der Waals surface area contributed by atoms with Gasteiger partial charge in [0.15, 0.2) is 0 Å². The van der Waals surface area contributed by atoms with E-state index in [1.54, 1.807) is 30.3 Å². The molecule has 5 nitrogen and oxygen atoms in total. The minimum atomic E-state index is -0.670. The fraction of sp³-hybridized carbons (Fsp3) is 0.222. The molecule has 120 valence electrons. The second kappa shape index (κ2) is 7.98. The number of benzene rings is 2. The van der Waals surface area contributed by atoms with Crippen LogP contribution in [-0.4, -0.2) is 23.5 Å². The van der Waals surface area contributed by atoms with E-state index in [1.807, 2.05) is 25.1 Å². The molecular formula is C18H20N2O3. The number of para-hydroxylation sites is 1. The molecule has 0 spiro atoms. The number of hydrogen-bond donors (Lipinski definition) is 3. The number of rotatable bonds is 5. The number of phenols is 1. The van der Waals surface area contributed by atoms with E-state index in [0.29, 0.717) is 18.7 Å². The second-order valence-electron chi connectivity index (χ2n) is 5.14. The molecule has 0 aromatic heterocycles. The van der Waals surface area contributed by atoms with Crippen LogP contribution < -0.4 is 10.6 Å². The Hall–Kier alpha value is -2.82. The highest BCUT2D eigenvalue weighted by Gasteiger charge is 2.14. The average molecular weight is 312 g/mol. The van der Waals surface area contributed by atoms with Crippen molar-refractivity contribution in [2.24, 2.45) is 0 Å². The number of aryl methyl sites for hydroxylation is 1. The van der Waals surface area contributed by atoms with Gasteiger partial charge in [0.1, 0.15) is 5.75 Å². The zero-order chi connectivity index (χ0) is 16.7. The van der Waals surface area contributed by atoms with E-state index in [4.69, 9.17) is 0 Å². The lowest BCUT2D eigenvalue weighted by Crippen LogP contribution is -2.36. The molecule has 0 aliphatic heterocycles. The highest BCUT2D eigenvalue weighted by atomic mass is 16.3. The predicted molar refractivity (Wildman–Crippen MR) is 89.3 cm³/mol. The smallest absolute Gasteiger partial charge is 0.313 e. The molecule has 0 bridgehead atoms. The Labute approximate surface area is 135 Å². The molecule has 0 saturated carbocycles. The summed E-state index contributed by atoms with van der Waals surface area (Å²) in [5.74, 6) is -1.13. The van der Waals surface area contributed by atoms with Crippen LogP contribution in [0.1, 0.15) is 18.1 Å². The van der Waals surface area contributed by atoms with Gasteiger partial charge in [0.05, 0.1) is 0 Å². The van der Waals surface area contributed by atoms with Gasteiger partial charge in [0.25, 0.3) is 0 Å². The summed E-state index contributed by atoms with van der Waals surface area (Å²) in [5, 5.41) is 14.4. The zero-order valence-electron chi connectivity index (χ0n) is 13.0. The van der Waals surface area contributed by atoms with E-state index in [1.165, 1.54) is 0 Å². The fourth-order valence-electron chi connectivity index (χ4n) is 2.19. The van der Waals surface area contributed by atoms with Gasteiger partial charge in [0, 0.05) is 12.2 Å². The molecule has 2 aromatic rings. The molecule has 0 aliphatic carbocycles. The van der Waals surface area contributed by atoms with E-state index in [2.05, 4.69) is 10.6 Å². The van der Waals surface area contributed by atoms with E-state index in [9.17, 15) is 14.7 Å². The number of carbonyl (C=O) groups excluding carboxylic acids is 2. The third kappa shape index (κ3) is 4.85. The first-order valence-corrected chi connectivity index (χ1v) is 7.55. The van der Waals surface area contributed by atoms with Gasteiger partial charge in [-0.3, -0.25) is 9.59 Å². The van der Waals surface area contributed by atoms with Gasteiger partial charge in [-0.15, -0.1) is 0 Å². The number of nitrogens with one attached hydrogen (secondary N) is 2. The summed E-state index contributed by atoms with van der Waals surface area (Å²) in [6.45, 7) is 2.34. The van der Waals surface area contributed by atoms with Crippen LogP contribution in [0.4, 0.5) is 5.69 Å². The van der Waals surface area contributed by atoms with Crippen molar-refractivity contribution in [3.63, 3.8) is 0 Å². The largest absolute Gasteiger partial charge is 0.508 e. The van der Waals surface area contributed by atoms with Crippen LogP contribution in [0.2, 0.25) is 0 Å². The van der Waals surface area contributed by atoms with Crippen molar-refractivity contribution >= 4 is 17.5 Å². The number of phenolic OH excluding ortho intramolecular Hbond substituents is 1. The van der Waals surface area contributed by atoms with Gasteiger partial charge < -0.3 is 15.7 Å². The first-order chi connectivity index (χ1) is 11.1. The highest BCUT2D eigenvalue weighted by Crippen LogP contribution is 2.15. The van der Waals surface area contributed by atoms with Crippen LogP contribution in [-0.2, 0) is 22.4 Å². The molecule has 0 atom stereocenters. The lowest BCUT2D eigenvalue weighted by atomic mass is 10.1. The summed E-state index contributed by atoms with van der Waals surface area (Å²) >= 11 is 0.